The standard InChI is InChI=1S/C42H62O7S/c1-2-3-4-5-6-7-8-18-25-41(49-37-36-48-35-34-47-33-32-46-31-30-45-29-28-44-27-26-43)50-42(38-19-12-9-13-20-38,39-21-14-10-15-22-39)40-23-16-11-17-24-40/h9-17,19-24,41,43H,2-8,18,25-37H2,1H3. The number of rotatable bonds is 32. The molecule has 0 radical (unpaired) electrons. The molecule has 0 saturated heterocycles. The number of hydrogen-bond donors (Lipinski definition) is 1. The smallest absolute Gasteiger partial charge is 0.104 e. The highest BCUT2D eigenvalue weighted by atomic mass is 32.2. The molecule has 3 aromatic carbocycles. The number of unbranched alkanes of at least 4 members (excludes halogenated alkanes) is 7. The van der Waals surface area contributed by atoms with Gasteiger partial charge in [0.1, 0.15) is 5.44 Å². The SMILES string of the molecule is CCCCCCCCCCC(OCCOCCOCCOCCOCCOCCO)SC(c1ccccc1)(c1ccccc1)c1ccccc1. The monoisotopic (exact) mass is 710 g/mol. The summed E-state index contributed by atoms with van der Waals surface area (Å²) in [5.74, 6) is 0. The van der Waals surface area contributed by atoms with Crippen LogP contribution in [0.3, 0.4) is 0 Å². The Morgan fingerprint density at radius 2 is 0.840 bits per heavy atom. The topological polar surface area (TPSA) is 75.6 Å². The molecular formula is C42H62O7S. The quantitative estimate of drug-likeness (QED) is 0.0392. The van der Waals surface area contributed by atoms with E-state index >= 15 is 0 Å². The van der Waals surface area contributed by atoms with Crippen molar-refractivity contribution in [2.45, 2.75) is 74.9 Å². The van der Waals surface area contributed by atoms with Gasteiger partial charge in [0, 0.05) is 0 Å². The lowest BCUT2D eigenvalue weighted by molar-refractivity contribution is -0.0197. The Morgan fingerprint density at radius 1 is 0.480 bits per heavy atom. The van der Waals surface area contributed by atoms with Gasteiger partial charge >= 0.3 is 0 Å². The zero-order valence-corrected chi connectivity index (χ0v) is 31.2. The third kappa shape index (κ3) is 16.8. The molecule has 8 heteroatoms. The van der Waals surface area contributed by atoms with Crippen LogP contribution in [-0.2, 0) is 33.2 Å². The highest BCUT2D eigenvalue weighted by Gasteiger charge is 2.39. The van der Waals surface area contributed by atoms with Crippen molar-refractivity contribution < 1.29 is 33.5 Å². The number of ether oxygens (including phenoxy) is 6. The van der Waals surface area contributed by atoms with Crippen LogP contribution >= 0.6 is 11.8 Å². The maximum absolute atomic E-state index is 8.69. The summed E-state index contributed by atoms with van der Waals surface area (Å²) in [7, 11) is 0. The molecule has 0 aliphatic carbocycles. The highest BCUT2D eigenvalue weighted by Crippen LogP contribution is 2.51. The van der Waals surface area contributed by atoms with E-state index in [1.54, 1.807) is 0 Å². The Balaban J connectivity index is 1.51. The molecule has 3 rings (SSSR count). The van der Waals surface area contributed by atoms with Crippen LogP contribution < -0.4 is 0 Å². The summed E-state index contributed by atoms with van der Waals surface area (Å²) in [4.78, 5) is 0. The minimum Gasteiger partial charge on any atom is -0.394 e. The van der Waals surface area contributed by atoms with E-state index in [1.165, 1.54) is 61.6 Å². The first kappa shape index (κ1) is 42.1. The Morgan fingerprint density at radius 3 is 1.24 bits per heavy atom. The average molecular weight is 711 g/mol. The molecular weight excluding hydrogens is 649 g/mol. The van der Waals surface area contributed by atoms with Crippen LogP contribution in [0.1, 0.15) is 81.4 Å². The Kier molecular flexibility index (Phi) is 23.9. The van der Waals surface area contributed by atoms with E-state index in [0.29, 0.717) is 72.7 Å². The predicted octanol–water partition coefficient (Wildman–Crippen LogP) is 8.66. The zero-order valence-electron chi connectivity index (χ0n) is 30.4. The van der Waals surface area contributed by atoms with Gasteiger partial charge in [0.2, 0.25) is 0 Å². The fraction of sp³-hybridized carbons (Fsp3) is 0.571. The van der Waals surface area contributed by atoms with E-state index < -0.39 is 4.75 Å². The third-order valence-corrected chi connectivity index (χ3v) is 10.1. The van der Waals surface area contributed by atoms with Gasteiger partial charge in [0.25, 0.3) is 0 Å². The van der Waals surface area contributed by atoms with Crippen molar-refractivity contribution in [2.75, 3.05) is 79.3 Å². The summed E-state index contributed by atoms with van der Waals surface area (Å²) in [6.45, 7) is 7.71. The summed E-state index contributed by atoms with van der Waals surface area (Å²) in [6, 6.07) is 32.6. The van der Waals surface area contributed by atoms with Crippen LogP contribution in [0.5, 0.6) is 0 Å². The molecule has 0 bridgehead atoms. The fourth-order valence-electron chi connectivity index (χ4n) is 5.83. The minimum absolute atomic E-state index is 0.00949. The number of benzene rings is 3. The predicted molar refractivity (Wildman–Crippen MR) is 205 cm³/mol. The van der Waals surface area contributed by atoms with Crippen LogP contribution in [0.4, 0.5) is 0 Å². The number of thioether (sulfide) groups is 1. The number of aliphatic hydroxyl groups excluding tert-OH is 1. The average Bonchev–Trinajstić information content (AvgIpc) is 3.17. The van der Waals surface area contributed by atoms with Crippen molar-refractivity contribution >= 4 is 11.8 Å². The van der Waals surface area contributed by atoms with Gasteiger partial charge in [0.05, 0.1) is 84.0 Å². The second-order valence-electron chi connectivity index (χ2n) is 12.2. The molecule has 1 atom stereocenters. The number of aliphatic hydroxyl groups is 1. The molecule has 3 aromatic rings. The third-order valence-electron chi connectivity index (χ3n) is 8.40. The van der Waals surface area contributed by atoms with Gasteiger partial charge in [-0.15, -0.1) is 11.8 Å². The van der Waals surface area contributed by atoms with Gasteiger partial charge in [-0.3, -0.25) is 0 Å². The zero-order chi connectivity index (χ0) is 35.2. The summed E-state index contributed by atoms with van der Waals surface area (Å²) in [5.41, 5.74) is 3.74. The molecule has 1 N–H and O–H groups in total. The molecule has 0 aromatic heterocycles. The molecule has 50 heavy (non-hydrogen) atoms. The van der Waals surface area contributed by atoms with E-state index in [2.05, 4.69) is 97.9 Å². The van der Waals surface area contributed by atoms with E-state index in [4.69, 9.17) is 33.5 Å². The maximum Gasteiger partial charge on any atom is 0.104 e. The van der Waals surface area contributed by atoms with Crippen LogP contribution in [0, 0.1) is 0 Å². The van der Waals surface area contributed by atoms with E-state index in [-0.39, 0.29) is 12.0 Å². The largest absolute Gasteiger partial charge is 0.394 e. The van der Waals surface area contributed by atoms with E-state index in [9.17, 15) is 0 Å². The molecule has 0 aliphatic heterocycles. The summed E-state index contributed by atoms with van der Waals surface area (Å²) in [6.07, 6.45) is 11.3. The van der Waals surface area contributed by atoms with Gasteiger partial charge < -0.3 is 33.5 Å². The molecule has 0 heterocycles. The fourth-order valence-corrected chi connectivity index (χ4v) is 7.49. The normalized spacial score (nSPS) is 12.4. The second-order valence-corrected chi connectivity index (χ2v) is 13.6. The summed E-state index contributed by atoms with van der Waals surface area (Å²) >= 11 is 1.92. The van der Waals surface area contributed by atoms with Crippen LogP contribution in [0.2, 0.25) is 0 Å². The lowest BCUT2D eigenvalue weighted by Gasteiger charge is -2.38. The summed E-state index contributed by atoms with van der Waals surface area (Å²) in [5, 5.41) is 8.69. The Labute approximate surface area is 306 Å². The van der Waals surface area contributed by atoms with Crippen molar-refractivity contribution in [2.24, 2.45) is 0 Å². The van der Waals surface area contributed by atoms with Gasteiger partial charge in [0.15, 0.2) is 0 Å². The first-order valence-electron chi connectivity index (χ1n) is 18.8. The van der Waals surface area contributed by atoms with Crippen molar-refractivity contribution in [3.63, 3.8) is 0 Å². The number of hydrogen-bond acceptors (Lipinski definition) is 8. The lowest BCUT2D eigenvalue weighted by atomic mass is 9.84. The van der Waals surface area contributed by atoms with Crippen LogP contribution in [-0.4, -0.2) is 89.8 Å². The molecule has 278 valence electrons. The van der Waals surface area contributed by atoms with Gasteiger partial charge in [-0.25, -0.2) is 0 Å². The lowest BCUT2D eigenvalue weighted by Crippen LogP contribution is -2.30. The van der Waals surface area contributed by atoms with E-state index in [0.717, 1.165) is 12.8 Å². The van der Waals surface area contributed by atoms with E-state index in [1.807, 2.05) is 11.8 Å². The van der Waals surface area contributed by atoms with Crippen molar-refractivity contribution in [3.05, 3.63) is 108 Å². The molecule has 0 fully saturated rings. The molecule has 0 aliphatic rings. The van der Waals surface area contributed by atoms with Gasteiger partial charge in [-0.2, -0.15) is 0 Å². The Bertz CT molecular complexity index is 1070. The van der Waals surface area contributed by atoms with Crippen molar-refractivity contribution in [1.29, 1.82) is 0 Å². The molecule has 1 unspecified atom stereocenters. The van der Waals surface area contributed by atoms with Gasteiger partial charge in [-0.05, 0) is 29.5 Å². The maximum atomic E-state index is 8.69. The second kappa shape index (κ2) is 28.3. The van der Waals surface area contributed by atoms with Crippen LogP contribution in [0.15, 0.2) is 91.0 Å². The molecule has 0 spiro atoms. The first-order valence-corrected chi connectivity index (χ1v) is 19.6. The highest BCUT2D eigenvalue weighted by molar-refractivity contribution is 8.01. The van der Waals surface area contributed by atoms with Crippen LogP contribution in [0.25, 0.3) is 0 Å². The molecule has 0 amide bonds. The van der Waals surface area contributed by atoms with Crippen molar-refractivity contribution in [3.8, 4) is 0 Å². The molecule has 7 nitrogen and oxygen atoms in total. The van der Waals surface area contributed by atoms with Crippen molar-refractivity contribution in [1.82, 2.24) is 0 Å². The minimum atomic E-state index is -0.424. The molecule has 0 saturated carbocycles. The van der Waals surface area contributed by atoms with Gasteiger partial charge in [-0.1, -0.05) is 143 Å². The Hall–Kier alpha value is -2.27. The summed E-state index contributed by atoms with van der Waals surface area (Å²) < 4.78 is 34.0. The first-order chi connectivity index (χ1) is 24.8.